The fourth-order valence-electron chi connectivity index (χ4n) is 5.54. The highest BCUT2D eigenvalue weighted by Crippen LogP contribution is 2.43. The standard InChI is InChI=1S/C21H24ClF2N5O3/c1-28-17-13-15(14(24)16(22)26-18(13)31-6-4-21(28)9-30-10-21)25-19(27-17)32-11-20-3-2-5-29(20)8-12(23)7-20/h12H,2-11H2,1H3/t12-,20+/m1/s1. The zero-order valence-corrected chi connectivity index (χ0v) is 18.5. The van der Waals surface area contributed by atoms with Gasteiger partial charge in [-0.1, -0.05) is 11.6 Å². The van der Waals surface area contributed by atoms with Crippen molar-refractivity contribution in [3.8, 4) is 11.9 Å². The minimum Gasteiger partial charge on any atom is -0.477 e. The van der Waals surface area contributed by atoms with Crippen LogP contribution in [0.1, 0.15) is 25.7 Å². The Morgan fingerprint density at radius 3 is 2.88 bits per heavy atom. The number of ether oxygens (including phenoxy) is 3. The van der Waals surface area contributed by atoms with Gasteiger partial charge in [-0.15, -0.1) is 0 Å². The zero-order valence-electron chi connectivity index (χ0n) is 17.7. The molecule has 32 heavy (non-hydrogen) atoms. The van der Waals surface area contributed by atoms with E-state index < -0.39 is 12.0 Å². The van der Waals surface area contributed by atoms with Gasteiger partial charge in [0.05, 0.1) is 30.9 Å². The van der Waals surface area contributed by atoms with Crippen molar-refractivity contribution >= 4 is 28.3 Å². The minimum absolute atomic E-state index is 0.000269. The van der Waals surface area contributed by atoms with Crippen LogP contribution >= 0.6 is 11.6 Å². The summed E-state index contributed by atoms with van der Waals surface area (Å²) in [6.45, 7) is 2.95. The molecule has 2 atom stereocenters. The quantitative estimate of drug-likeness (QED) is 0.638. The Hall–Kier alpha value is -2.04. The van der Waals surface area contributed by atoms with Gasteiger partial charge in [-0.3, -0.25) is 4.90 Å². The molecule has 4 aliphatic rings. The van der Waals surface area contributed by atoms with Crippen LogP contribution in [0.4, 0.5) is 14.6 Å². The molecule has 11 heteroatoms. The molecule has 0 saturated carbocycles. The third kappa shape index (κ3) is 2.95. The fourth-order valence-corrected chi connectivity index (χ4v) is 5.71. The minimum atomic E-state index is -0.864. The second-order valence-corrected chi connectivity index (χ2v) is 9.67. The molecule has 0 aromatic carbocycles. The summed E-state index contributed by atoms with van der Waals surface area (Å²) in [5.41, 5.74) is -0.666. The van der Waals surface area contributed by atoms with E-state index in [2.05, 4.69) is 19.9 Å². The summed E-state index contributed by atoms with van der Waals surface area (Å²) < 4.78 is 46.6. The van der Waals surface area contributed by atoms with Gasteiger partial charge in [-0.05, 0) is 19.4 Å². The number of anilines is 1. The van der Waals surface area contributed by atoms with E-state index in [9.17, 15) is 4.39 Å². The van der Waals surface area contributed by atoms with Crippen molar-refractivity contribution in [3.05, 3.63) is 11.0 Å². The summed E-state index contributed by atoms with van der Waals surface area (Å²) in [5, 5.41) is 0.0442. The van der Waals surface area contributed by atoms with Crippen LogP contribution in [0.3, 0.4) is 0 Å². The monoisotopic (exact) mass is 467 g/mol. The number of aromatic nitrogens is 3. The molecule has 6 rings (SSSR count). The third-order valence-corrected chi connectivity index (χ3v) is 7.73. The van der Waals surface area contributed by atoms with Crippen molar-refractivity contribution in [2.45, 2.75) is 42.9 Å². The average Bonchev–Trinajstić information content (AvgIpc) is 3.25. The first kappa shape index (κ1) is 20.6. The highest BCUT2D eigenvalue weighted by molar-refractivity contribution is 6.30. The lowest BCUT2D eigenvalue weighted by molar-refractivity contribution is -0.0646. The molecule has 1 spiro atoms. The molecule has 0 bridgehead atoms. The Labute approximate surface area is 188 Å². The molecule has 0 radical (unpaired) electrons. The van der Waals surface area contributed by atoms with Crippen molar-refractivity contribution in [2.75, 3.05) is 51.5 Å². The topological polar surface area (TPSA) is 72.8 Å². The second-order valence-electron chi connectivity index (χ2n) is 9.31. The smallest absolute Gasteiger partial charge is 0.319 e. The van der Waals surface area contributed by atoms with Gasteiger partial charge in [0.1, 0.15) is 29.5 Å². The number of hydrogen-bond donors (Lipinski definition) is 0. The van der Waals surface area contributed by atoms with Crippen LogP contribution in [0.5, 0.6) is 11.9 Å². The first-order valence-electron chi connectivity index (χ1n) is 10.9. The maximum absolute atomic E-state index is 15.1. The summed E-state index contributed by atoms with van der Waals surface area (Å²) in [7, 11) is 1.90. The first-order chi connectivity index (χ1) is 15.4. The normalized spacial score (nSPS) is 28.9. The Morgan fingerprint density at radius 2 is 2.09 bits per heavy atom. The molecule has 0 amide bonds. The maximum Gasteiger partial charge on any atom is 0.319 e. The summed E-state index contributed by atoms with van der Waals surface area (Å²) in [4.78, 5) is 17.2. The molecule has 0 unspecified atom stereocenters. The third-order valence-electron chi connectivity index (χ3n) is 7.48. The van der Waals surface area contributed by atoms with E-state index in [-0.39, 0.29) is 40.2 Å². The summed E-state index contributed by atoms with van der Waals surface area (Å²) in [5.74, 6) is -0.0890. The molecule has 6 heterocycles. The number of hydrogen-bond acceptors (Lipinski definition) is 8. The summed E-state index contributed by atoms with van der Waals surface area (Å²) in [6, 6.07) is 0.0333. The highest BCUT2D eigenvalue weighted by atomic mass is 35.5. The molecule has 2 aromatic heterocycles. The average molecular weight is 468 g/mol. The van der Waals surface area contributed by atoms with Crippen LogP contribution in [-0.4, -0.2) is 83.7 Å². The second kappa shape index (κ2) is 7.23. The van der Waals surface area contributed by atoms with Crippen LogP contribution in [0.15, 0.2) is 0 Å². The predicted molar refractivity (Wildman–Crippen MR) is 113 cm³/mol. The molecular formula is C21H24ClF2N5O3. The van der Waals surface area contributed by atoms with Crippen molar-refractivity contribution < 1.29 is 23.0 Å². The molecule has 4 aliphatic heterocycles. The van der Waals surface area contributed by atoms with Crippen molar-refractivity contribution in [3.63, 3.8) is 0 Å². The lowest BCUT2D eigenvalue weighted by atomic mass is 9.91. The number of likely N-dealkylation sites (N-methyl/N-ethyl adjacent to an activating group) is 1. The molecule has 172 valence electrons. The largest absolute Gasteiger partial charge is 0.477 e. The van der Waals surface area contributed by atoms with Crippen LogP contribution < -0.4 is 14.4 Å². The number of nitrogens with zero attached hydrogens (tertiary/aromatic N) is 5. The predicted octanol–water partition coefficient (Wildman–Crippen LogP) is 2.76. The summed E-state index contributed by atoms with van der Waals surface area (Å²) >= 11 is 6.04. The SMILES string of the molecule is CN1c2nc(OC[C@@]34CCCN3C[C@H](F)C4)nc3c(F)c(Cl)nc(c23)OCCC12COC2. The molecular weight excluding hydrogens is 444 g/mol. The van der Waals surface area contributed by atoms with E-state index in [4.69, 9.17) is 25.8 Å². The molecule has 0 aliphatic carbocycles. The lowest BCUT2D eigenvalue weighted by Gasteiger charge is -2.49. The molecule has 0 N–H and O–H groups in total. The summed E-state index contributed by atoms with van der Waals surface area (Å²) in [6.07, 6.45) is 2.11. The molecule has 8 nitrogen and oxygen atoms in total. The number of fused-ring (bicyclic) bond motifs is 1. The van der Waals surface area contributed by atoms with E-state index in [1.807, 2.05) is 11.9 Å². The van der Waals surface area contributed by atoms with Gasteiger partial charge in [0.15, 0.2) is 11.0 Å². The van der Waals surface area contributed by atoms with Gasteiger partial charge in [-0.2, -0.15) is 15.0 Å². The highest BCUT2D eigenvalue weighted by Gasteiger charge is 2.50. The number of halogens is 3. The van der Waals surface area contributed by atoms with E-state index >= 15 is 4.39 Å². The van der Waals surface area contributed by atoms with Crippen LogP contribution in [0.2, 0.25) is 5.15 Å². The van der Waals surface area contributed by atoms with Crippen LogP contribution in [0.25, 0.3) is 10.9 Å². The van der Waals surface area contributed by atoms with Crippen LogP contribution in [-0.2, 0) is 4.74 Å². The van der Waals surface area contributed by atoms with E-state index in [1.54, 1.807) is 0 Å². The van der Waals surface area contributed by atoms with Crippen molar-refractivity contribution in [2.24, 2.45) is 0 Å². The molecule has 3 fully saturated rings. The van der Waals surface area contributed by atoms with E-state index in [0.29, 0.717) is 50.4 Å². The van der Waals surface area contributed by atoms with E-state index in [1.165, 1.54) is 0 Å². The Balaban J connectivity index is 1.43. The van der Waals surface area contributed by atoms with Gasteiger partial charge in [0.2, 0.25) is 5.88 Å². The first-order valence-corrected chi connectivity index (χ1v) is 11.3. The lowest BCUT2D eigenvalue weighted by Crippen LogP contribution is -2.62. The number of alkyl halides is 1. The Morgan fingerprint density at radius 1 is 1.25 bits per heavy atom. The molecule has 3 saturated heterocycles. The van der Waals surface area contributed by atoms with Crippen LogP contribution in [0, 0.1) is 5.82 Å². The number of pyridine rings is 1. The Bertz CT molecular complexity index is 1090. The molecule has 2 aromatic rings. The van der Waals surface area contributed by atoms with Gasteiger partial charge in [0, 0.05) is 26.4 Å². The van der Waals surface area contributed by atoms with Crippen molar-refractivity contribution in [1.29, 1.82) is 0 Å². The zero-order chi connectivity index (χ0) is 22.1. The van der Waals surface area contributed by atoms with Gasteiger partial charge in [-0.25, -0.2) is 8.78 Å². The van der Waals surface area contributed by atoms with Crippen molar-refractivity contribution in [1.82, 2.24) is 19.9 Å². The fraction of sp³-hybridized carbons (Fsp3) is 0.667. The van der Waals surface area contributed by atoms with E-state index in [0.717, 1.165) is 19.4 Å². The number of rotatable bonds is 3. The Kier molecular flexibility index (Phi) is 4.64. The van der Waals surface area contributed by atoms with Gasteiger partial charge in [0.25, 0.3) is 0 Å². The van der Waals surface area contributed by atoms with Gasteiger partial charge < -0.3 is 19.1 Å². The maximum atomic E-state index is 15.1. The van der Waals surface area contributed by atoms with Gasteiger partial charge >= 0.3 is 6.01 Å².